The molecule has 4 heteroatoms. The van der Waals surface area contributed by atoms with Crippen molar-refractivity contribution in [2.24, 2.45) is 11.8 Å². The van der Waals surface area contributed by atoms with Crippen LogP contribution in [-0.4, -0.2) is 31.1 Å². The van der Waals surface area contributed by atoms with E-state index in [2.05, 4.69) is 24.3 Å². The van der Waals surface area contributed by atoms with Crippen molar-refractivity contribution in [1.29, 1.82) is 0 Å². The fourth-order valence-electron chi connectivity index (χ4n) is 3.89. The lowest BCUT2D eigenvalue weighted by Gasteiger charge is -2.36. The first-order chi connectivity index (χ1) is 9.55. The second kappa shape index (κ2) is 5.49. The summed E-state index contributed by atoms with van der Waals surface area (Å²) in [6.45, 7) is 0. The second-order valence-electron chi connectivity index (χ2n) is 6.31. The molecule has 1 aromatic rings. The largest absolute Gasteiger partial charge is 0.393 e. The molecule has 3 nitrogen and oxygen atoms in total. The molecule has 1 saturated heterocycles. The molecule has 2 aliphatic rings. The van der Waals surface area contributed by atoms with Crippen LogP contribution in [0.15, 0.2) is 30.3 Å². The molecule has 4 atom stereocenters. The first-order valence-electron chi connectivity index (χ1n) is 7.48. The van der Waals surface area contributed by atoms with Crippen LogP contribution in [0.2, 0.25) is 0 Å². The SMILES string of the molecule is O=S1(=O)CCC(C2CC(c3ccccc3)CCC2O)C1. The van der Waals surface area contributed by atoms with Gasteiger partial charge in [0.25, 0.3) is 0 Å². The summed E-state index contributed by atoms with van der Waals surface area (Å²) in [5.41, 5.74) is 1.32. The normalized spacial score (nSPS) is 36.9. The molecule has 0 bridgehead atoms. The Morgan fingerprint density at radius 2 is 1.80 bits per heavy atom. The van der Waals surface area contributed by atoms with Gasteiger partial charge in [0.2, 0.25) is 0 Å². The van der Waals surface area contributed by atoms with Crippen LogP contribution >= 0.6 is 0 Å². The van der Waals surface area contributed by atoms with E-state index in [-0.39, 0.29) is 23.7 Å². The molecule has 1 aromatic carbocycles. The van der Waals surface area contributed by atoms with Gasteiger partial charge in [0, 0.05) is 0 Å². The zero-order valence-corrected chi connectivity index (χ0v) is 12.4. The number of benzene rings is 1. The van der Waals surface area contributed by atoms with E-state index in [0.29, 0.717) is 11.7 Å². The number of hydrogen-bond donors (Lipinski definition) is 1. The number of rotatable bonds is 2. The molecule has 20 heavy (non-hydrogen) atoms. The van der Waals surface area contributed by atoms with E-state index in [9.17, 15) is 13.5 Å². The van der Waals surface area contributed by atoms with E-state index in [1.54, 1.807) is 0 Å². The summed E-state index contributed by atoms with van der Waals surface area (Å²) in [4.78, 5) is 0. The van der Waals surface area contributed by atoms with E-state index >= 15 is 0 Å². The van der Waals surface area contributed by atoms with Crippen LogP contribution < -0.4 is 0 Å². The highest BCUT2D eigenvalue weighted by atomic mass is 32.2. The summed E-state index contributed by atoms with van der Waals surface area (Å²) in [5, 5.41) is 10.3. The van der Waals surface area contributed by atoms with Gasteiger partial charge in [-0.15, -0.1) is 0 Å². The van der Waals surface area contributed by atoms with Crippen LogP contribution in [0, 0.1) is 11.8 Å². The van der Waals surface area contributed by atoms with Gasteiger partial charge in [-0.25, -0.2) is 8.42 Å². The minimum atomic E-state index is -2.86. The van der Waals surface area contributed by atoms with E-state index in [1.165, 1.54) is 5.56 Å². The van der Waals surface area contributed by atoms with Crippen molar-refractivity contribution in [1.82, 2.24) is 0 Å². The third-order valence-electron chi connectivity index (χ3n) is 5.01. The van der Waals surface area contributed by atoms with Gasteiger partial charge in [0.15, 0.2) is 9.84 Å². The lowest BCUT2D eigenvalue weighted by atomic mass is 9.71. The number of aliphatic hydroxyl groups is 1. The molecule has 1 aliphatic heterocycles. The van der Waals surface area contributed by atoms with Crippen LogP contribution in [-0.2, 0) is 9.84 Å². The van der Waals surface area contributed by atoms with Crippen LogP contribution in [0.3, 0.4) is 0 Å². The third-order valence-corrected chi connectivity index (χ3v) is 6.80. The van der Waals surface area contributed by atoms with E-state index in [0.717, 1.165) is 25.7 Å². The highest BCUT2D eigenvalue weighted by Gasteiger charge is 2.40. The minimum Gasteiger partial charge on any atom is -0.393 e. The average Bonchev–Trinajstić information content (AvgIpc) is 2.80. The second-order valence-corrected chi connectivity index (χ2v) is 8.54. The Morgan fingerprint density at radius 3 is 2.45 bits per heavy atom. The predicted molar refractivity (Wildman–Crippen MR) is 79.3 cm³/mol. The molecule has 0 aromatic heterocycles. The fourth-order valence-corrected chi connectivity index (χ4v) is 5.78. The van der Waals surface area contributed by atoms with Gasteiger partial charge < -0.3 is 5.11 Å². The lowest BCUT2D eigenvalue weighted by molar-refractivity contribution is 0.0352. The molecule has 1 N–H and O–H groups in total. The predicted octanol–water partition coefficient (Wildman–Crippen LogP) is 2.37. The summed E-state index contributed by atoms with van der Waals surface area (Å²) in [6, 6.07) is 10.4. The molecule has 1 aliphatic carbocycles. The molecular weight excluding hydrogens is 272 g/mol. The topological polar surface area (TPSA) is 54.4 Å². The molecule has 2 fully saturated rings. The van der Waals surface area contributed by atoms with Crippen LogP contribution in [0.25, 0.3) is 0 Å². The summed E-state index contributed by atoms with van der Waals surface area (Å²) in [6.07, 6.45) is 3.12. The maximum absolute atomic E-state index is 11.7. The summed E-state index contributed by atoms with van der Waals surface area (Å²) in [5.74, 6) is 1.34. The molecule has 0 amide bonds. The average molecular weight is 294 g/mol. The van der Waals surface area contributed by atoms with Crippen molar-refractivity contribution >= 4 is 9.84 Å². The van der Waals surface area contributed by atoms with E-state index in [1.807, 2.05) is 6.07 Å². The van der Waals surface area contributed by atoms with E-state index < -0.39 is 9.84 Å². The van der Waals surface area contributed by atoms with Gasteiger partial charge >= 0.3 is 0 Å². The highest BCUT2D eigenvalue weighted by Crippen LogP contribution is 2.42. The Kier molecular flexibility index (Phi) is 3.87. The summed E-state index contributed by atoms with van der Waals surface area (Å²) < 4.78 is 23.3. The monoisotopic (exact) mass is 294 g/mol. The number of aliphatic hydroxyl groups excluding tert-OH is 1. The third kappa shape index (κ3) is 2.91. The summed E-state index contributed by atoms with van der Waals surface area (Å²) in [7, 11) is -2.86. The van der Waals surface area contributed by atoms with E-state index in [4.69, 9.17) is 0 Å². The minimum absolute atomic E-state index is 0.145. The molecule has 110 valence electrons. The quantitative estimate of drug-likeness (QED) is 0.911. The molecule has 1 heterocycles. The number of sulfone groups is 1. The maximum atomic E-state index is 11.7. The van der Waals surface area contributed by atoms with Crippen LogP contribution in [0.4, 0.5) is 0 Å². The first kappa shape index (κ1) is 14.1. The Hall–Kier alpha value is -0.870. The van der Waals surface area contributed by atoms with Gasteiger partial charge in [0.05, 0.1) is 17.6 Å². The van der Waals surface area contributed by atoms with Gasteiger partial charge in [-0.1, -0.05) is 30.3 Å². The van der Waals surface area contributed by atoms with Crippen LogP contribution in [0.5, 0.6) is 0 Å². The smallest absolute Gasteiger partial charge is 0.150 e. The molecule has 4 unspecified atom stereocenters. The maximum Gasteiger partial charge on any atom is 0.150 e. The van der Waals surface area contributed by atoms with Gasteiger partial charge in [-0.2, -0.15) is 0 Å². The molecule has 3 rings (SSSR count). The van der Waals surface area contributed by atoms with Crippen molar-refractivity contribution in [3.8, 4) is 0 Å². The van der Waals surface area contributed by atoms with Gasteiger partial charge in [-0.05, 0) is 49.0 Å². The Balaban J connectivity index is 1.74. The zero-order chi connectivity index (χ0) is 14.2. The van der Waals surface area contributed by atoms with Crippen LogP contribution in [0.1, 0.15) is 37.2 Å². The first-order valence-corrected chi connectivity index (χ1v) is 9.31. The Labute approximate surface area is 120 Å². The molecule has 0 radical (unpaired) electrons. The number of hydrogen-bond acceptors (Lipinski definition) is 3. The zero-order valence-electron chi connectivity index (χ0n) is 11.6. The molecular formula is C16H22O3S. The van der Waals surface area contributed by atoms with Crippen molar-refractivity contribution in [2.45, 2.75) is 37.7 Å². The molecule has 1 saturated carbocycles. The van der Waals surface area contributed by atoms with Crippen molar-refractivity contribution in [2.75, 3.05) is 11.5 Å². The van der Waals surface area contributed by atoms with Crippen molar-refractivity contribution in [3.63, 3.8) is 0 Å². The van der Waals surface area contributed by atoms with Gasteiger partial charge in [-0.3, -0.25) is 0 Å². The van der Waals surface area contributed by atoms with Gasteiger partial charge in [0.1, 0.15) is 0 Å². The fraction of sp³-hybridized carbons (Fsp3) is 0.625. The Bertz CT molecular complexity index is 552. The molecule has 0 spiro atoms. The lowest BCUT2D eigenvalue weighted by Crippen LogP contribution is -2.34. The summed E-state index contributed by atoms with van der Waals surface area (Å²) >= 11 is 0. The Morgan fingerprint density at radius 1 is 1.05 bits per heavy atom. The highest BCUT2D eigenvalue weighted by molar-refractivity contribution is 7.91. The van der Waals surface area contributed by atoms with Crippen molar-refractivity contribution < 1.29 is 13.5 Å². The van der Waals surface area contributed by atoms with Crippen molar-refractivity contribution in [3.05, 3.63) is 35.9 Å². The standard InChI is InChI=1S/C16H22O3S/c17-16-7-6-13(12-4-2-1-3-5-12)10-15(16)14-8-9-20(18,19)11-14/h1-5,13-17H,6-11H2.